The van der Waals surface area contributed by atoms with Gasteiger partial charge in [-0.15, -0.1) is 0 Å². The molecule has 1 aliphatic heterocycles. The number of furan rings is 1. The Hall–Kier alpha value is -1.45. The zero-order valence-corrected chi connectivity index (χ0v) is 10.7. The lowest BCUT2D eigenvalue weighted by atomic mass is 9.93. The van der Waals surface area contributed by atoms with E-state index < -0.39 is 0 Å². The molecule has 3 atom stereocenters. The van der Waals surface area contributed by atoms with Crippen LogP contribution in [0.3, 0.4) is 0 Å². The molecule has 1 amide bonds. The van der Waals surface area contributed by atoms with Crippen molar-refractivity contribution in [2.45, 2.75) is 32.2 Å². The van der Waals surface area contributed by atoms with E-state index >= 15 is 0 Å². The van der Waals surface area contributed by atoms with Crippen molar-refractivity contribution < 1.29 is 13.9 Å². The highest BCUT2D eigenvalue weighted by Crippen LogP contribution is 2.49. The third kappa shape index (κ3) is 1.80. The molecule has 18 heavy (non-hydrogen) atoms. The Morgan fingerprint density at radius 2 is 2.44 bits per heavy atom. The lowest BCUT2D eigenvalue weighted by molar-refractivity contribution is 0.0927. The minimum absolute atomic E-state index is 0.0755. The van der Waals surface area contributed by atoms with Crippen LogP contribution in [-0.2, 0) is 4.74 Å². The van der Waals surface area contributed by atoms with Crippen molar-refractivity contribution in [2.24, 2.45) is 11.8 Å². The van der Waals surface area contributed by atoms with Gasteiger partial charge in [0.1, 0.15) is 5.76 Å². The van der Waals surface area contributed by atoms with Crippen molar-refractivity contribution in [2.75, 3.05) is 13.2 Å². The molecule has 0 bridgehead atoms. The normalized spacial score (nSPS) is 30.5. The molecule has 3 rings (SSSR count). The predicted molar refractivity (Wildman–Crippen MR) is 66.0 cm³/mol. The zero-order valence-electron chi connectivity index (χ0n) is 10.7. The molecule has 1 aromatic rings. The number of amides is 1. The molecule has 98 valence electrons. The average Bonchev–Trinajstić information content (AvgIpc) is 3.04. The summed E-state index contributed by atoms with van der Waals surface area (Å²) in [5.41, 5.74) is 0. The lowest BCUT2D eigenvalue weighted by Gasteiger charge is -2.25. The monoisotopic (exact) mass is 249 g/mol. The summed E-state index contributed by atoms with van der Waals surface area (Å²) in [5, 5.41) is 0. The number of rotatable bonds is 2. The Morgan fingerprint density at radius 1 is 1.56 bits per heavy atom. The highest BCUT2D eigenvalue weighted by Gasteiger charge is 2.48. The first-order valence-electron chi connectivity index (χ1n) is 6.78. The highest BCUT2D eigenvalue weighted by molar-refractivity contribution is 5.68. The fourth-order valence-electron chi connectivity index (χ4n) is 3.52. The van der Waals surface area contributed by atoms with E-state index in [9.17, 15) is 4.79 Å². The van der Waals surface area contributed by atoms with Crippen LogP contribution < -0.4 is 0 Å². The van der Waals surface area contributed by atoms with Crippen LogP contribution in [0.4, 0.5) is 4.79 Å². The van der Waals surface area contributed by atoms with Crippen molar-refractivity contribution in [3.63, 3.8) is 0 Å². The Bertz CT molecular complexity index is 415. The van der Waals surface area contributed by atoms with Gasteiger partial charge in [-0.05, 0) is 43.7 Å². The van der Waals surface area contributed by atoms with Crippen LogP contribution in [0.2, 0.25) is 0 Å². The van der Waals surface area contributed by atoms with Crippen LogP contribution in [0, 0.1) is 11.8 Å². The highest BCUT2D eigenvalue weighted by atomic mass is 16.6. The maximum absolute atomic E-state index is 12.0. The summed E-state index contributed by atoms with van der Waals surface area (Å²) >= 11 is 0. The van der Waals surface area contributed by atoms with E-state index in [1.54, 1.807) is 6.26 Å². The van der Waals surface area contributed by atoms with Gasteiger partial charge in [0.15, 0.2) is 0 Å². The molecule has 2 heterocycles. The van der Waals surface area contributed by atoms with Gasteiger partial charge in [-0.2, -0.15) is 0 Å². The molecule has 4 heteroatoms. The molecule has 0 spiro atoms. The van der Waals surface area contributed by atoms with Crippen LogP contribution >= 0.6 is 0 Å². The van der Waals surface area contributed by atoms with E-state index in [4.69, 9.17) is 9.15 Å². The fourth-order valence-corrected chi connectivity index (χ4v) is 3.52. The third-order valence-corrected chi connectivity index (χ3v) is 4.23. The quantitative estimate of drug-likeness (QED) is 0.808. The molecule has 2 aliphatic rings. The van der Waals surface area contributed by atoms with Gasteiger partial charge in [-0.25, -0.2) is 4.79 Å². The summed E-state index contributed by atoms with van der Waals surface area (Å²) in [6.45, 7) is 3.08. The van der Waals surface area contributed by atoms with Crippen LogP contribution in [0.5, 0.6) is 0 Å². The van der Waals surface area contributed by atoms with Gasteiger partial charge in [0.2, 0.25) is 0 Å². The van der Waals surface area contributed by atoms with E-state index in [2.05, 4.69) is 0 Å². The van der Waals surface area contributed by atoms with Crippen molar-refractivity contribution in [1.82, 2.24) is 4.90 Å². The van der Waals surface area contributed by atoms with E-state index in [-0.39, 0.29) is 12.1 Å². The molecule has 2 fully saturated rings. The number of fused-ring (bicyclic) bond motifs is 1. The largest absolute Gasteiger partial charge is 0.467 e. The molecule has 1 saturated heterocycles. The number of carbonyl (C=O) groups excluding carboxylic acids is 1. The molecule has 4 nitrogen and oxygen atoms in total. The average molecular weight is 249 g/mol. The second kappa shape index (κ2) is 4.67. The first-order chi connectivity index (χ1) is 8.81. The zero-order chi connectivity index (χ0) is 12.5. The van der Waals surface area contributed by atoms with Gasteiger partial charge in [0.25, 0.3) is 0 Å². The maximum atomic E-state index is 12.0. The summed E-state index contributed by atoms with van der Waals surface area (Å²) in [5.74, 6) is 2.06. The van der Waals surface area contributed by atoms with Gasteiger partial charge in [-0.1, -0.05) is 6.42 Å². The molecule has 1 aliphatic carbocycles. The first kappa shape index (κ1) is 11.6. The Balaban J connectivity index is 1.86. The van der Waals surface area contributed by atoms with Crippen LogP contribution in [-0.4, -0.2) is 24.1 Å². The van der Waals surface area contributed by atoms with Crippen molar-refractivity contribution >= 4 is 6.09 Å². The Labute approximate surface area is 107 Å². The van der Waals surface area contributed by atoms with Crippen LogP contribution in [0.25, 0.3) is 0 Å². The molecule has 1 saturated carbocycles. The molecule has 0 N–H and O–H groups in total. The summed E-state index contributed by atoms with van der Waals surface area (Å²) in [6, 6.07) is 3.94. The molecule has 0 aromatic carbocycles. The van der Waals surface area contributed by atoms with Gasteiger partial charge in [0, 0.05) is 6.54 Å². The Kier molecular flexibility index (Phi) is 3.02. The minimum Gasteiger partial charge on any atom is -0.467 e. The fraction of sp³-hybridized carbons (Fsp3) is 0.643. The first-order valence-corrected chi connectivity index (χ1v) is 6.78. The van der Waals surface area contributed by atoms with E-state index in [0.717, 1.165) is 12.3 Å². The third-order valence-electron chi connectivity index (χ3n) is 4.23. The van der Waals surface area contributed by atoms with Crippen molar-refractivity contribution in [3.8, 4) is 0 Å². The van der Waals surface area contributed by atoms with E-state index in [1.165, 1.54) is 19.3 Å². The summed E-state index contributed by atoms with van der Waals surface area (Å²) in [4.78, 5) is 13.9. The van der Waals surface area contributed by atoms with Crippen LogP contribution in [0.1, 0.15) is 38.0 Å². The number of hydrogen-bond acceptors (Lipinski definition) is 3. The smallest absolute Gasteiger partial charge is 0.410 e. The number of likely N-dealkylation sites (tertiary alicyclic amines) is 1. The predicted octanol–water partition coefficient (Wildman–Crippen LogP) is 3.21. The number of hydrogen-bond donors (Lipinski definition) is 0. The van der Waals surface area contributed by atoms with Crippen molar-refractivity contribution in [1.29, 1.82) is 0 Å². The Morgan fingerprint density at radius 3 is 3.17 bits per heavy atom. The molecular weight excluding hydrogens is 230 g/mol. The van der Waals surface area contributed by atoms with Gasteiger partial charge in [-0.3, -0.25) is 4.90 Å². The van der Waals surface area contributed by atoms with Gasteiger partial charge in [0.05, 0.1) is 18.9 Å². The standard InChI is InChI=1S/C14H19NO3/c1-2-17-14(16)15-9-10-5-3-6-11(10)13(15)12-7-4-8-18-12/h4,7-8,10-11,13H,2-3,5-6,9H2,1H3. The lowest BCUT2D eigenvalue weighted by Crippen LogP contribution is -2.32. The van der Waals surface area contributed by atoms with Crippen molar-refractivity contribution in [3.05, 3.63) is 24.2 Å². The molecule has 1 aromatic heterocycles. The van der Waals surface area contributed by atoms with Gasteiger partial charge >= 0.3 is 6.09 Å². The summed E-state index contributed by atoms with van der Waals surface area (Å²) in [6.07, 6.45) is 5.15. The van der Waals surface area contributed by atoms with Gasteiger partial charge < -0.3 is 9.15 Å². The summed E-state index contributed by atoms with van der Waals surface area (Å²) in [7, 11) is 0. The number of carbonyl (C=O) groups is 1. The van der Waals surface area contributed by atoms with Crippen LogP contribution in [0.15, 0.2) is 22.8 Å². The molecule has 3 unspecified atom stereocenters. The van der Waals surface area contributed by atoms with E-state index in [1.807, 2.05) is 24.0 Å². The molecule has 0 radical (unpaired) electrons. The second-order valence-electron chi connectivity index (χ2n) is 5.17. The summed E-state index contributed by atoms with van der Waals surface area (Å²) < 4.78 is 10.7. The van der Waals surface area contributed by atoms with E-state index in [0.29, 0.717) is 18.4 Å². The topological polar surface area (TPSA) is 42.7 Å². The number of ether oxygens (including phenoxy) is 1. The number of nitrogens with zero attached hydrogens (tertiary/aromatic N) is 1. The minimum atomic E-state index is -0.201. The SMILES string of the molecule is CCOC(=O)N1CC2CCCC2C1c1ccco1. The molecular formula is C14H19NO3. The second-order valence-corrected chi connectivity index (χ2v) is 5.17. The maximum Gasteiger partial charge on any atom is 0.410 e.